The molecular formula is C11H14F3NO2S. The van der Waals surface area contributed by atoms with Crippen LogP contribution in [0.4, 0.5) is 18.9 Å². The van der Waals surface area contributed by atoms with E-state index in [1.807, 2.05) is 0 Å². The Labute approximate surface area is 104 Å². The minimum atomic E-state index is -4.60. The zero-order valence-electron chi connectivity index (χ0n) is 9.79. The van der Waals surface area contributed by atoms with Gasteiger partial charge >= 0.3 is 6.18 Å². The molecule has 0 atom stereocenters. The van der Waals surface area contributed by atoms with Crippen LogP contribution in [0.15, 0.2) is 18.2 Å². The molecule has 3 nitrogen and oxygen atoms in total. The molecule has 0 spiro atoms. The number of benzene rings is 1. The van der Waals surface area contributed by atoms with Crippen LogP contribution in [-0.2, 0) is 21.8 Å². The van der Waals surface area contributed by atoms with E-state index >= 15 is 0 Å². The molecule has 0 fully saturated rings. The molecular weight excluding hydrogens is 267 g/mol. The van der Waals surface area contributed by atoms with Gasteiger partial charge in [-0.3, -0.25) is 0 Å². The average molecular weight is 281 g/mol. The summed E-state index contributed by atoms with van der Waals surface area (Å²) in [6.45, 7) is 1.66. The van der Waals surface area contributed by atoms with Crippen molar-refractivity contribution < 1.29 is 21.6 Å². The van der Waals surface area contributed by atoms with Gasteiger partial charge in [-0.15, -0.1) is 0 Å². The Hall–Kier alpha value is -1.24. The standard InChI is InChI=1S/C11H14F3NO2S/c1-2-5-18(16,17)7-8-3-4-9(15)6-10(8)11(12,13)14/h3-4,6H,2,5,7,15H2,1H3. The van der Waals surface area contributed by atoms with Crippen LogP contribution in [0.1, 0.15) is 24.5 Å². The van der Waals surface area contributed by atoms with Gasteiger partial charge in [0.2, 0.25) is 0 Å². The molecule has 0 aliphatic carbocycles. The monoisotopic (exact) mass is 281 g/mol. The zero-order valence-corrected chi connectivity index (χ0v) is 10.6. The maximum atomic E-state index is 12.7. The molecule has 0 radical (unpaired) electrons. The van der Waals surface area contributed by atoms with Crippen molar-refractivity contribution in [3.8, 4) is 0 Å². The van der Waals surface area contributed by atoms with Crippen molar-refractivity contribution in [2.45, 2.75) is 25.3 Å². The third kappa shape index (κ3) is 3.90. The molecule has 0 unspecified atom stereocenters. The lowest BCUT2D eigenvalue weighted by atomic mass is 10.1. The van der Waals surface area contributed by atoms with E-state index in [1.165, 1.54) is 6.07 Å². The Morgan fingerprint density at radius 1 is 1.28 bits per heavy atom. The van der Waals surface area contributed by atoms with E-state index in [0.29, 0.717) is 6.42 Å². The maximum Gasteiger partial charge on any atom is 0.416 e. The minimum absolute atomic E-state index is 0.0426. The fraction of sp³-hybridized carbons (Fsp3) is 0.455. The molecule has 0 saturated carbocycles. The SMILES string of the molecule is CCCS(=O)(=O)Cc1ccc(N)cc1C(F)(F)F. The van der Waals surface area contributed by atoms with Gasteiger partial charge in [-0.1, -0.05) is 13.0 Å². The van der Waals surface area contributed by atoms with Gasteiger partial charge in [-0.2, -0.15) is 13.2 Å². The number of anilines is 1. The van der Waals surface area contributed by atoms with Crippen LogP contribution in [0, 0.1) is 0 Å². The number of sulfone groups is 1. The molecule has 0 heterocycles. The number of nitrogen functional groups attached to an aromatic ring is 1. The lowest BCUT2D eigenvalue weighted by molar-refractivity contribution is -0.138. The Bertz CT molecular complexity index is 524. The third-order valence-corrected chi connectivity index (χ3v) is 4.11. The van der Waals surface area contributed by atoms with Crippen LogP contribution in [0.5, 0.6) is 0 Å². The van der Waals surface area contributed by atoms with Gasteiger partial charge in [0, 0.05) is 5.69 Å². The highest BCUT2D eigenvalue weighted by molar-refractivity contribution is 7.90. The van der Waals surface area contributed by atoms with E-state index in [0.717, 1.165) is 12.1 Å². The van der Waals surface area contributed by atoms with Crippen LogP contribution in [0.3, 0.4) is 0 Å². The van der Waals surface area contributed by atoms with Gasteiger partial charge in [0.15, 0.2) is 9.84 Å². The van der Waals surface area contributed by atoms with Crippen molar-refractivity contribution in [3.63, 3.8) is 0 Å². The zero-order chi connectivity index (χ0) is 14.0. The minimum Gasteiger partial charge on any atom is -0.399 e. The predicted octanol–water partition coefficient (Wildman–Crippen LogP) is 2.61. The van der Waals surface area contributed by atoms with Crippen LogP contribution in [-0.4, -0.2) is 14.2 Å². The van der Waals surface area contributed by atoms with Gasteiger partial charge < -0.3 is 5.73 Å². The molecule has 1 aromatic rings. The quantitative estimate of drug-likeness (QED) is 0.863. The lowest BCUT2D eigenvalue weighted by Crippen LogP contribution is -2.15. The smallest absolute Gasteiger partial charge is 0.399 e. The van der Waals surface area contributed by atoms with E-state index in [9.17, 15) is 21.6 Å². The summed E-state index contributed by atoms with van der Waals surface area (Å²) in [5, 5.41) is 0. The molecule has 7 heteroatoms. The van der Waals surface area contributed by atoms with Crippen molar-refractivity contribution in [3.05, 3.63) is 29.3 Å². The molecule has 102 valence electrons. The highest BCUT2D eigenvalue weighted by Crippen LogP contribution is 2.34. The van der Waals surface area contributed by atoms with Crippen molar-refractivity contribution in [1.82, 2.24) is 0 Å². The second-order valence-corrected chi connectivity index (χ2v) is 6.19. The maximum absolute atomic E-state index is 12.7. The van der Waals surface area contributed by atoms with Crippen LogP contribution in [0.25, 0.3) is 0 Å². The van der Waals surface area contributed by atoms with Gasteiger partial charge in [0.1, 0.15) is 0 Å². The molecule has 1 aromatic carbocycles. The molecule has 0 amide bonds. The second kappa shape index (κ2) is 5.17. The van der Waals surface area contributed by atoms with Gasteiger partial charge in [-0.25, -0.2) is 8.42 Å². The summed E-state index contributed by atoms with van der Waals surface area (Å²) in [5.41, 5.74) is 4.01. The number of hydrogen-bond acceptors (Lipinski definition) is 3. The van der Waals surface area contributed by atoms with E-state index in [-0.39, 0.29) is 17.0 Å². The average Bonchev–Trinajstić information content (AvgIpc) is 2.18. The van der Waals surface area contributed by atoms with E-state index in [4.69, 9.17) is 5.73 Å². The Morgan fingerprint density at radius 3 is 2.39 bits per heavy atom. The summed E-state index contributed by atoms with van der Waals surface area (Å²) in [6.07, 6.45) is -4.23. The highest BCUT2D eigenvalue weighted by Gasteiger charge is 2.34. The summed E-state index contributed by atoms with van der Waals surface area (Å²) in [4.78, 5) is 0. The summed E-state index contributed by atoms with van der Waals surface area (Å²) in [5.74, 6) is -0.745. The van der Waals surface area contributed by atoms with Gasteiger partial charge in [0.05, 0.1) is 17.1 Å². The molecule has 0 saturated heterocycles. The number of hydrogen-bond donors (Lipinski definition) is 1. The van der Waals surface area contributed by atoms with Gasteiger partial charge in [-0.05, 0) is 24.1 Å². The van der Waals surface area contributed by atoms with Crippen molar-refractivity contribution in [2.24, 2.45) is 0 Å². The first kappa shape index (κ1) is 14.8. The summed E-state index contributed by atoms with van der Waals surface area (Å²) >= 11 is 0. The molecule has 1 rings (SSSR count). The van der Waals surface area contributed by atoms with Crippen molar-refractivity contribution in [2.75, 3.05) is 11.5 Å². The summed E-state index contributed by atoms with van der Waals surface area (Å²) in [7, 11) is -3.52. The first-order valence-corrected chi connectivity index (χ1v) is 7.14. The lowest BCUT2D eigenvalue weighted by Gasteiger charge is -2.13. The van der Waals surface area contributed by atoms with E-state index < -0.39 is 27.3 Å². The van der Waals surface area contributed by atoms with Crippen molar-refractivity contribution in [1.29, 1.82) is 0 Å². The van der Waals surface area contributed by atoms with Crippen LogP contribution >= 0.6 is 0 Å². The van der Waals surface area contributed by atoms with E-state index in [2.05, 4.69) is 0 Å². The summed E-state index contributed by atoms with van der Waals surface area (Å²) in [6, 6.07) is 3.15. The van der Waals surface area contributed by atoms with E-state index in [1.54, 1.807) is 6.92 Å². The highest BCUT2D eigenvalue weighted by atomic mass is 32.2. The largest absolute Gasteiger partial charge is 0.416 e. The second-order valence-electron chi connectivity index (χ2n) is 4.01. The Balaban J connectivity index is 3.18. The molecule has 2 N–H and O–H groups in total. The molecule has 0 aromatic heterocycles. The number of rotatable bonds is 4. The number of alkyl halides is 3. The number of nitrogens with two attached hydrogens (primary N) is 1. The first-order chi connectivity index (χ1) is 8.15. The Morgan fingerprint density at radius 2 is 1.89 bits per heavy atom. The molecule has 0 bridgehead atoms. The fourth-order valence-corrected chi connectivity index (χ4v) is 3.10. The Kier molecular flexibility index (Phi) is 4.26. The summed E-state index contributed by atoms with van der Waals surface area (Å²) < 4.78 is 61.3. The normalized spacial score (nSPS) is 12.7. The predicted molar refractivity (Wildman–Crippen MR) is 63.6 cm³/mol. The number of halogens is 3. The molecule has 0 aliphatic heterocycles. The van der Waals surface area contributed by atoms with Crippen LogP contribution < -0.4 is 5.73 Å². The van der Waals surface area contributed by atoms with Crippen molar-refractivity contribution >= 4 is 15.5 Å². The third-order valence-electron chi connectivity index (χ3n) is 2.33. The molecule has 18 heavy (non-hydrogen) atoms. The topological polar surface area (TPSA) is 60.2 Å². The molecule has 0 aliphatic rings. The van der Waals surface area contributed by atoms with Gasteiger partial charge in [0.25, 0.3) is 0 Å². The fourth-order valence-electron chi connectivity index (χ4n) is 1.60. The van der Waals surface area contributed by atoms with Crippen LogP contribution in [0.2, 0.25) is 0 Å². The first-order valence-electron chi connectivity index (χ1n) is 5.31.